The minimum absolute atomic E-state index is 0.219. The van der Waals surface area contributed by atoms with Crippen molar-refractivity contribution in [2.24, 2.45) is 0 Å². The number of anilines is 1. The van der Waals surface area contributed by atoms with E-state index in [2.05, 4.69) is 27.6 Å². The lowest BCUT2D eigenvalue weighted by atomic mass is 10.00. The number of halogens is 1. The summed E-state index contributed by atoms with van der Waals surface area (Å²) in [7, 11) is 3.15. The molecule has 10 heteroatoms. The molecule has 0 bridgehead atoms. The highest BCUT2D eigenvalue weighted by molar-refractivity contribution is 14.1. The molecule has 2 heterocycles. The van der Waals surface area contributed by atoms with Crippen molar-refractivity contribution in [3.63, 3.8) is 0 Å². The average Bonchev–Trinajstić information content (AvgIpc) is 2.91. The van der Waals surface area contributed by atoms with Gasteiger partial charge in [-0.2, -0.15) is 0 Å². The molecule has 1 aliphatic heterocycles. The molecule has 1 aromatic heterocycles. The van der Waals surface area contributed by atoms with E-state index in [0.29, 0.717) is 44.7 Å². The van der Waals surface area contributed by atoms with Crippen molar-refractivity contribution in [1.29, 1.82) is 0 Å². The van der Waals surface area contributed by atoms with Gasteiger partial charge in [0.2, 0.25) is 5.16 Å². The van der Waals surface area contributed by atoms with Crippen molar-refractivity contribution in [3.8, 4) is 22.8 Å². The summed E-state index contributed by atoms with van der Waals surface area (Å²) in [5.41, 5.74) is 2.56. The number of carbonyl (C=O) groups is 1. The fraction of sp³-hybridized carbons (Fsp3) is 0.154. The number of hydrogen-bond acceptors (Lipinski definition) is 6. The van der Waals surface area contributed by atoms with Gasteiger partial charge in [0.15, 0.2) is 11.5 Å². The van der Waals surface area contributed by atoms with Crippen LogP contribution in [0.15, 0.2) is 76.7 Å². The second-order valence-corrected chi connectivity index (χ2v) is 9.88. The zero-order valence-corrected chi connectivity index (χ0v) is 22.7. The van der Waals surface area contributed by atoms with Gasteiger partial charge < -0.3 is 9.47 Å². The number of carbonyl (C=O) groups excluding carboxylic acids is 1. The van der Waals surface area contributed by atoms with Crippen LogP contribution in [-0.2, 0) is 0 Å². The van der Waals surface area contributed by atoms with Gasteiger partial charge in [-0.1, -0.05) is 42.1 Å². The van der Waals surface area contributed by atoms with Crippen LogP contribution in [0.4, 0.5) is 5.69 Å². The molecule has 0 fully saturated rings. The standard InChI is InChI=1S/C26H21IN4O4S/c1-34-20-14-16(13-18(27)22(20)35-2)24-30(25(33)15-9-5-4-6-10-15)19-12-8-7-11-17(19)21-23(32)28-26(36-3)29-31(21)24/h4-14,24H,1-3H3/p+1. The SMILES string of the molecule is COc1cc(C2N(C(=O)c3ccccc3)c3ccccc3-c3c(=O)[nH]c(SC)n[n+]32)cc(I)c1OC. The molecule has 5 rings (SSSR count). The summed E-state index contributed by atoms with van der Waals surface area (Å²) in [4.78, 5) is 32.0. The highest BCUT2D eigenvalue weighted by atomic mass is 127. The number of thioether (sulfide) groups is 1. The van der Waals surface area contributed by atoms with Gasteiger partial charge in [-0.25, -0.2) is 4.90 Å². The summed E-state index contributed by atoms with van der Waals surface area (Å²) in [5.74, 6) is 0.888. The molecule has 36 heavy (non-hydrogen) atoms. The number of benzene rings is 3. The molecule has 0 spiro atoms. The maximum Gasteiger partial charge on any atom is 0.325 e. The lowest BCUT2D eigenvalue weighted by Crippen LogP contribution is -2.61. The number of aromatic amines is 1. The number of rotatable bonds is 5. The van der Waals surface area contributed by atoms with Crippen LogP contribution in [0, 0.1) is 3.57 Å². The van der Waals surface area contributed by atoms with Crippen LogP contribution < -0.4 is 24.6 Å². The summed E-state index contributed by atoms with van der Waals surface area (Å²) in [6.07, 6.45) is 1.08. The normalized spacial score (nSPS) is 14.1. The molecule has 0 radical (unpaired) electrons. The highest BCUT2D eigenvalue weighted by Crippen LogP contribution is 2.41. The molecule has 1 unspecified atom stereocenters. The van der Waals surface area contributed by atoms with E-state index < -0.39 is 6.17 Å². The number of ether oxygens (including phenoxy) is 2. The second kappa shape index (κ2) is 9.94. The molecule has 8 nitrogen and oxygen atoms in total. The minimum Gasteiger partial charge on any atom is -0.493 e. The van der Waals surface area contributed by atoms with Crippen LogP contribution in [-0.4, -0.2) is 36.5 Å². The predicted octanol–water partition coefficient (Wildman–Crippen LogP) is 4.28. The predicted molar refractivity (Wildman–Crippen MR) is 146 cm³/mol. The van der Waals surface area contributed by atoms with E-state index in [4.69, 9.17) is 14.6 Å². The maximum atomic E-state index is 14.1. The smallest absolute Gasteiger partial charge is 0.325 e. The van der Waals surface area contributed by atoms with Crippen LogP contribution in [0.5, 0.6) is 11.5 Å². The zero-order valence-electron chi connectivity index (χ0n) is 19.7. The third-order valence-corrected chi connectivity index (χ3v) is 7.32. The van der Waals surface area contributed by atoms with Crippen molar-refractivity contribution in [3.05, 3.63) is 91.8 Å². The second-order valence-electron chi connectivity index (χ2n) is 7.93. The fourth-order valence-corrected chi connectivity index (χ4v) is 5.60. The Kier molecular flexibility index (Phi) is 6.71. The average molecular weight is 613 g/mol. The third kappa shape index (κ3) is 4.03. The maximum absolute atomic E-state index is 14.1. The largest absolute Gasteiger partial charge is 0.493 e. The zero-order chi connectivity index (χ0) is 25.4. The van der Waals surface area contributed by atoms with Crippen molar-refractivity contribution in [1.82, 2.24) is 10.1 Å². The summed E-state index contributed by atoms with van der Waals surface area (Å²) < 4.78 is 13.6. The number of aromatic nitrogens is 3. The molecule has 0 aliphatic carbocycles. The molecule has 1 atom stereocenters. The molecule has 1 aliphatic rings. The van der Waals surface area contributed by atoms with Crippen LogP contribution in [0.2, 0.25) is 0 Å². The Labute approximate surface area is 225 Å². The van der Waals surface area contributed by atoms with E-state index in [-0.39, 0.29) is 11.5 Å². The van der Waals surface area contributed by atoms with E-state index in [9.17, 15) is 9.59 Å². The Morgan fingerprint density at radius 3 is 2.50 bits per heavy atom. The first-order valence-electron chi connectivity index (χ1n) is 11.0. The molecular weight excluding hydrogens is 591 g/mol. The fourth-order valence-electron chi connectivity index (χ4n) is 4.39. The first-order valence-corrected chi connectivity index (χ1v) is 13.3. The summed E-state index contributed by atoms with van der Waals surface area (Å²) >= 11 is 3.50. The molecular formula is C26H22IN4O4S+. The Balaban J connectivity index is 1.86. The van der Waals surface area contributed by atoms with Gasteiger partial charge in [0.05, 0.1) is 34.6 Å². The van der Waals surface area contributed by atoms with Crippen molar-refractivity contribution >= 4 is 45.9 Å². The van der Waals surface area contributed by atoms with Gasteiger partial charge in [0.25, 0.3) is 12.1 Å². The van der Waals surface area contributed by atoms with E-state index in [1.54, 1.807) is 35.9 Å². The number of nitrogens with zero attached hydrogens (tertiary/aromatic N) is 3. The topological polar surface area (TPSA) is 88.4 Å². The number of fused-ring (bicyclic) bond motifs is 3. The number of H-pyrrole nitrogens is 1. The molecule has 182 valence electrons. The van der Waals surface area contributed by atoms with E-state index in [1.807, 2.05) is 60.9 Å². The van der Waals surface area contributed by atoms with Gasteiger partial charge in [0, 0.05) is 10.7 Å². The Hall–Kier alpha value is -3.38. The Morgan fingerprint density at radius 1 is 1.08 bits per heavy atom. The number of para-hydroxylation sites is 1. The quantitative estimate of drug-likeness (QED) is 0.206. The molecule has 0 saturated carbocycles. The molecule has 1 amide bonds. The van der Waals surface area contributed by atoms with Gasteiger partial charge in [-0.3, -0.25) is 14.6 Å². The third-order valence-electron chi connectivity index (χ3n) is 5.95. The van der Waals surface area contributed by atoms with Crippen LogP contribution in [0.25, 0.3) is 11.3 Å². The lowest BCUT2D eigenvalue weighted by molar-refractivity contribution is -0.763. The molecule has 0 saturated heterocycles. The lowest BCUT2D eigenvalue weighted by Gasteiger charge is -2.32. The highest BCUT2D eigenvalue weighted by Gasteiger charge is 2.46. The molecule has 4 aromatic rings. The van der Waals surface area contributed by atoms with Crippen molar-refractivity contribution in [2.75, 3.05) is 25.4 Å². The van der Waals surface area contributed by atoms with Gasteiger partial charge >= 0.3 is 11.3 Å². The van der Waals surface area contributed by atoms with Crippen LogP contribution >= 0.6 is 34.4 Å². The van der Waals surface area contributed by atoms with Crippen LogP contribution in [0.3, 0.4) is 0 Å². The van der Waals surface area contributed by atoms with E-state index in [0.717, 1.165) is 3.57 Å². The summed E-state index contributed by atoms with van der Waals surface area (Å²) in [5, 5.41) is 5.20. The van der Waals surface area contributed by atoms with Crippen molar-refractivity contribution in [2.45, 2.75) is 11.3 Å². The Morgan fingerprint density at radius 2 is 1.81 bits per heavy atom. The van der Waals surface area contributed by atoms with Crippen LogP contribution in [0.1, 0.15) is 22.1 Å². The number of methoxy groups -OCH3 is 2. The molecule has 3 aromatic carbocycles. The first-order chi connectivity index (χ1) is 17.5. The van der Waals surface area contributed by atoms with E-state index >= 15 is 0 Å². The Bertz CT molecular complexity index is 1530. The number of hydrogen-bond donors (Lipinski definition) is 1. The summed E-state index contributed by atoms with van der Waals surface area (Å²) in [6, 6.07) is 20.2. The van der Waals surface area contributed by atoms with Crippen molar-refractivity contribution < 1.29 is 19.0 Å². The van der Waals surface area contributed by atoms with Gasteiger partial charge in [-0.15, -0.1) is 0 Å². The number of amides is 1. The minimum atomic E-state index is -0.760. The van der Waals surface area contributed by atoms with Gasteiger partial charge in [-0.05, 0) is 69.9 Å². The summed E-state index contributed by atoms with van der Waals surface area (Å²) in [6.45, 7) is 0. The van der Waals surface area contributed by atoms with Gasteiger partial charge in [0.1, 0.15) is 0 Å². The first kappa shape index (κ1) is 24.3. The molecule has 1 N–H and O–H groups in total. The van der Waals surface area contributed by atoms with E-state index in [1.165, 1.54) is 11.8 Å². The monoisotopic (exact) mass is 613 g/mol. The number of nitrogens with one attached hydrogen (secondary N) is 1.